The van der Waals surface area contributed by atoms with Crippen molar-refractivity contribution >= 4 is 28.5 Å². The summed E-state index contributed by atoms with van der Waals surface area (Å²) in [6, 6.07) is 10.6. The van der Waals surface area contributed by atoms with E-state index >= 15 is 0 Å². The van der Waals surface area contributed by atoms with E-state index in [1.54, 1.807) is 12.1 Å². The zero-order chi connectivity index (χ0) is 20.3. The van der Waals surface area contributed by atoms with Gasteiger partial charge in [-0.3, -0.25) is 24.8 Å². The fraction of sp³-hybridized carbons (Fsp3) is 0.222. The van der Waals surface area contributed by atoms with Gasteiger partial charge in [-0.05, 0) is 17.7 Å². The van der Waals surface area contributed by atoms with Crippen LogP contribution in [-0.2, 0) is 11.9 Å². The number of halogens is 3. The number of alkyl halides is 3. The van der Waals surface area contributed by atoms with Crippen molar-refractivity contribution in [3.63, 3.8) is 0 Å². The lowest BCUT2D eigenvalue weighted by atomic mass is 10.1. The molecule has 2 aromatic rings. The van der Waals surface area contributed by atoms with Crippen LogP contribution in [0.3, 0.4) is 0 Å². The Kier molecular flexibility index (Phi) is 5.68. The maximum Gasteiger partial charge on any atom is 0.417 e. The topological polar surface area (TPSA) is 75.8 Å². The van der Waals surface area contributed by atoms with Crippen LogP contribution >= 0.6 is 11.8 Å². The van der Waals surface area contributed by atoms with E-state index in [9.17, 15) is 28.1 Å². The minimum absolute atomic E-state index is 0.0347. The number of carbonyl (C=O) groups excluding carboxylic acids is 1. The molecule has 146 valence electrons. The summed E-state index contributed by atoms with van der Waals surface area (Å²) in [4.78, 5) is 28.3. The number of hydrogen-bond donors (Lipinski definition) is 0. The van der Waals surface area contributed by atoms with Crippen LogP contribution in [0.2, 0.25) is 0 Å². The molecular formula is C18H14F3N3O3S. The second-order valence-electron chi connectivity index (χ2n) is 5.88. The van der Waals surface area contributed by atoms with Gasteiger partial charge in [-0.1, -0.05) is 36.0 Å². The molecule has 1 aliphatic heterocycles. The van der Waals surface area contributed by atoms with Crippen LogP contribution in [0.5, 0.6) is 0 Å². The highest BCUT2D eigenvalue weighted by Crippen LogP contribution is 2.33. The van der Waals surface area contributed by atoms with E-state index in [-0.39, 0.29) is 12.2 Å². The Bertz CT molecular complexity index is 930. The number of benzene rings is 2. The third-order valence-electron chi connectivity index (χ3n) is 4.02. The zero-order valence-electron chi connectivity index (χ0n) is 14.3. The average Bonchev–Trinajstić information content (AvgIpc) is 3.14. The van der Waals surface area contributed by atoms with Crippen molar-refractivity contribution in [3.8, 4) is 0 Å². The molecule has 0 aromatic heterocycles. The van der Waals surface area contributed by atoms with Crippen molar-refractivity contribution in [1.82, 2.24) is 4.90 Å². The maximum atomic E-state index is 13.2. The number of nitro groups is 1. The zero-order valence-corrected chi connectivity index (χ0v) is 15.2. The fourth-order valence-corrected chi connectivity index (χ4v) is 3.66. The first kappa shape index (κ1) is 19.9. The summed E-state index contributed by atoms with van der Waals surface area (Å²) < 4.78 is 39.6. The molecule has 0 fully saturated rings. The summed E-state index contributed by atoms with van der Waals surface area (Å²) in [6.07, 6.45) is -4.63. The van der Waals surface area contributed by atoms with Gasteiger partial charge in [-0.15, -0.1) is 0 Å². The smallest absolute Gasteiger partial charge is 0.286 e. The quantitative estimate of drug-likeness (QED) is 0.555. The van der Waals surface area contributed by atoms with Crippen molar-refractivity contribution in [2.24, 2.45) is 4.99 Å². The molecule has 0 N–H and O–H groups in total. The molecule has 0 radical (unpaired) electrons. The molecular weight excluding hydrogens is 395 g/mol. The first-order chi connectivity index (χ1) is 13.3. The van der Waals surface area contributed by atoms with Crippen LogP contribution in [0.1, 0.15) is 21.5 Å². The summed E-state index contributed by atoms with van der Waals surface area (Å²) >= 11 is 1.20. The number of carbonyl (C=O) groups is 1. The van der Waals surface area contributed by atoms with Crippen molar-refractivity contribution < 1.29 is 22.9 Å². The molecule has 2 aromatic carbocycles. The molecule has 0 saturated heterocycles. The number of amides is 1. The molecule has 0 spiro atoms. The molecule has 0 saturated carbocycles. The van der Waals surface area contributed by atoms with Gasteiger partial charge in [0.05, 0.1) is 22.6 Å². The molecule has 0 aliphatic carbocycles. The average molecular weight is 409 g/mol. The molecule has 3 rings (SSSR count). The number of nitrogens with zero attached hydrogens (tertiary/aromatic N) is 3. The third-order valence-corrected chi connectivity index (χ3v) is 5.11. The minimum atomic E-state index is -4.63. The van der Waals surface area contributed by atoms with Gasteiger partial charge < -0.3 is 0 Å². The molecule has 10 heteroatoms. The van der Waals surface area contributed by atoms with Crippen LogP contribution in [0.25, 0.3) is 0 Å². The molecule has 6 nitrogen and oxygen atoms in total. The van der Waals surface area contributed by atoms with Crippen LogP contribution in [0, 0.1) is 10.1 Å². The first-order valence-corrected chi connectivity index (χ1v) is 9.14. The Morgan fingerprint density at radius 1 is 1.18 bits per heavy atom. The lowest BCUT2D eigenvalue weighted by Gasteiger charge is -2.20. The van der Waals surface area contributed by atoms with Gasteiger partial charge >= 0.3 is 6.18 Å². The van der Waals surface area contributed by atoms with Gasteiger partial charge in [-0.25, -0.2) is 0 Å². The first-order valence-electron chi connectivity index (χ1n) is 8.16. The largest absolute Gasteiger partial charge is 0.417 e. The second kappa shape index (κ2) is 8.01. The van der Waals surface area contributed by atoms with E-state index < -0.39 is 28.1 Å². The minimum Gasteiger partial charge on any atom is -0.286 e. The number of non-ortho nitro benzene ring substituents is 1. The van der Waals surface area contributed by atoms with E-state index in [0.29, 0.717) is 17.5 Å². The summed E-state index contributed by atoms with van der Waals surface area (Å²) in [6.45, 7) is 0.510. The lowest BCUT2D eigenvalue weighted by molar-refractivity contribution is -0.384. The predicted octanol–water partition coefficient (Wildman–Crippen LogP) is 4.36. The highest BCUT2D eigenvalue weighted by atomic mass is 32.2. The highest BCUT2D eigenvalue weighted by Gasteiger charge is 2.37. The molecule has 1 aliphatic rings. The van der Waals surface area contributed by atoms with Gasteiger partial charge in [0.1, 0.15) is 0 Å². The molecule has 0 unspecified atom stereocenters. The summed E-state index contributed by atoms with van der Waals surface area (Å²) in [5.74, 6) is -0.373. The van der Waals surface area contributed by atoms with Crippen LogP contribution < -0.4 is 0 Å². The Hall–Kier alpha value is -2.88. The molecule has 0 bridgehead atoms. The van der Waals surface area contributed by atoms with E-state index in [2.05, 4.69) is 4.99 Å². The summed E-state index contributed by atoms with van der Waals surface area (Å²) in [5, 5.41) is 11.0. The summed E-state index contributed by atoms with van der Waals surface area (Å²) in [5.41, 5.74) is -0.659. The molecule has 0 atom stereocenters. The Morgan fingerprint density at radius 3 is 2.50 bits per heavy atom. The predicted molar refractivity (Wildman–Crippen MR) is 99.2 cm³/mol. The van der Waals surface area contributed by atoms with Gasteiger partial charge in [0, 0.05) is 24.4 Å². The Balaban J connectivity index is 1.73. The highest BCUT2D eigenvalue weighted by molar-refractivity contribution is 8.13. The summed E-state index contributed by atoms with van der Waals surface area (Å²) in [7, 11) is 0. The van der Waals surface area contributed by atoms with Crippen LogP contribution in [-0.4, -0.2) is 34.0 Å². The van der Waals surface area contributed by atoms with Crippen molar-refractivity contribution in [1.29, 1.82) is 0 Å². The van der Waals surface area contributed by atoms with Gasteiger partial charge in [-0.2, -0.15) is 13.2 Å². The van der Waals surface area contributed by atoms with E-state index in [4.69, 9.17) is 0 Å². The molecule has 1 amide bonds. The number of nitro benzene ring substituents is 1. The van der Waals surface area contributed by atoms with Crippen molar-refractivity contribution in [2.45, 2.75) is 11.9 Å². The number of thioether (sulfide) groups is 1. The Morgan fingerprint density at radius 2 is 1.86 bits per heavy atom. The van der Waals surface area contributed by atoms with E-state index in [1.165, 1.54) is 40.9 Å². The van der Waals surface area contributed by atoms with Gasteiger partial charge in [0.2, 0.25) is 0 Å². The normalized spacial score (nSPS) is 14.1. The molecule has 28 heavy (non-hydrogen) atoms. The molecule has 1 heterocycles. The number of rotatable bonds is 4. The second-order valence-corrected chi connectivity index (χ2v) is 6.82. The Labute approximate surface area is 162 Å². The lowest BCUT2D eigenvalue weighted by Crippen LogP contribution is -2.34. The number of amidine groups is 1. The van der Waals surface area contributed by atoms with Crippen molar-refractivity contribution in [2.75, 3.05) is 13.1 Å². The third kappa shape index (κ3) is 4.33. The maximum absolute atomic E-state index is 13.2. The monoisotopic (exact) mass is 409 g/mol. The number of hydrogen-bond acceptors (Lipinski definition) is 5. The van der Waals surface area contributed by atoms with Gasteiger partial charge in [0.15, 0.2) is 5.17 Å². The van der Waals surface area contributed by atoms with Crippen LogP contribution in [0.4, 0.5) is 18.9 Å². The van der Waals surface area contributed by atoms with E-state index in [0.717, 1.165) is 17.7 Å². The SMILES string of the molecule is O=C(c1ccccc1C(F)(F)F)N1CCN=C1SCc1ccc([N+](=O)[O-])cc1. The number of aliphatic imine (C=N–C) groups is 1. The van der Waals surface area contributed by atoms with Crippen LogP contribution in [0.15, 0.2) is 53.5 Å². The fourth-order valence-electron chi connectivity index (χ4n) is 2.66. The van der Waals surface area contributed by atoms with Gasteiger partial charge in [0.25, 0.3) is 11.6 Å². The standard InChI is InChI=1S/C18H14F3N3O3S/c19-18(20,21)15-4-2-1-3-14(15)16(25)23-10-9-22-17(23)28-11-12-5-7-13(8-6-12)24(26)27/h1-8H,9-11H2. The van der Waals surface area contributed by atoms with E-state index in [1.807, 2.05) is 0 Å². The van der Waals surface area contributed by atoms with Crippen molar-refractivity contribution in [3.05, 3.63) is 75.3 Å².